The summed E-state index contributed by atoms with van der Waals surface area (Å²) in [6, 6.07) is 14.0. The molecule has 0 bridgehead atoms. The third kappa shape index (κ3) is 17.4. The van der Waals surface area contributed by atoms with Crippen LogP contribution in [0.15, 0.2) is 58.8 Å². The molecular weight excluding hydrogens is 801 g/mol. The van der Waals surface area contributed by atoms with Gasteiger partial charge in [0, 0.05) is 53.2 Å². The van der Waals surface area contributed by atoms with E-state index >= 15 is 0 Å². The lowest BCUT2D eigenvalue weighted by Crippen LogP contribution is -2.59. The summed E-state index contributed by atoms with van der Waals surface area (Å²) in [5.41, 5.74) is 19.5. The van der Waals surface area contributed by atoms with Gasteiger partial charge in [-0.2, -0.15) is 0 Å². The quantitative estimate of drug-likeness (QED) is 0.0290. The zero-order valence-electron chi connectivity index (χ0n) is 36.6. The molecule has 2 amide bonds. The molecule has 2 aliphatic rings. The highest BCUT2D eigenvalue weighted by atomic mass is 16.7. The summed E-state index contributed by atoms with van der Waals surface area (Å²) in [5.74, 6) is 1.36. The van der Waals surface area contributed by atoms with Crippen LogP contribution in [0.25, 0.3) is 20.9 Å². The minimum Gasteiger partial charge on any atom is -0.394 e. The van der Waals surface area contributed by atoms with Gasteiger partial charge >= 0.3 is 0 Å². The molecule has 0 aliphatic carbocycles. The molecule has 0 aromatic heterocycles. The van der Waals surface area contributed by atoms with Crippen molar-refractivity contribution in [1.29, 1.82) is 0 Å². The van der Waals surface area contributed by atoms with E-state index in [1.807, 2.05) is 12.1 Å². The Kier molecular flexibility index (Phi) is 24.4. The van der Waals surface area contributed by atoms with Gasteiger partial charge in [-0.3, -0.25) is 9.59 Å². The van der Waals surface area contributed by atoms with Gasteiger partial charge in [0.1, 0.15) is 24.4 Å². The van der Waals surface area contributed by atoms with Crippen molar-refractivity contribution in [2.45, 2.75) is 142 Å². The van der Waals surface area contributed by atoms with Gasteiger partial charge in [0.05, 0.1) is 25.8 Å². The molecule has 344 valence electrons. The lowest BCUT2D eigenvalue weighted by Gasteiger charge is -2.43. The van der Waals surface area contributed by atoms with Gasteiger partial charge in [-0.25, -0.2) is 0 Å². The first kappa shape index (κ1) is 52.0. The number of nitrogens with one attached hydrogen (secondary N) is 2. The number of aliphatic hydroxyl groups excluding tert-OH is 4. The molecule has 2 aromatic rings. The van der Waals surface area contributed by atoms with E-state index in [1.54, 1.807) is 36.4 Å². The largest absolute Gasteiger partial charge is 0.394 e. The van der Waals surface area contributed by atoms with Crippen LogP contribution in [-0.4, -0.2) is 108 Å². The van der Waals surface area contributed by atoms with Crippen LogP contribution in [0.2, 0.25) is 0 Å². The number of aliphatic hydroxyl groups is 4. The van der Waals surface area contributed by atoms with Gasteiger partial charge in [-0.1, -0.05) is 87.9 Å². The summed E-state index contributed by atoms with van der Waals surface area (Å²) in [4.78, 5) is 29.7. The number of nitrogens with zero attached hydrogens (tertiary/aromatic N) is 6. The molecular formula is C44H68N8O10. The molecule has 0 saturated carbocycles. The molecule has 62 heavy (non-hydrogen) atoms. The van der Waals surface area contributed by atoms with E-state index in [1.165, 1.54) is 0 Å². The van der Waals surface area contributed by atoms with Crippen molar-refractivity contribution in [3.05, 3.63) is 91.7 Å². The number of rotatable bonds is 24. The fourth-order valence-electron chi connectivity index (χ4n) is 7.27. The Morgan fingerprint density at radius 1 is 0.629 bits per heavy atom. The predicted octanol–water partition coefficient (Wildman–Crippen LogP) is 6.45. The molecule has 0 radical (unpaired) electrons. The van der Waals surface area contributed by atoms with E-state index in [2.05, 4.69) is 58.4 Å². The van der Waals surface area contributed by atoms with Crippen molar-refractivity contribution >= 4 is 11.8 Å². The summed E-state index contributed by atoms with van der Waals surface area (Å²) >= 11 is 0. The number of carbonyl (C=O) groups is 2. The second-order valence-electron chi connectivity index (χ2n) is 16.0. The molecule has 6 N–H and O–H groups in total. The topological polar surface area (TPSA) is 274 Å². The van der Waals surface area contributed by atoms with Crippen LogP contribution in [0.1, 0.15) is 117 Å². The van der Waals surface area contributed by atoms with Gasteiger partial charge < -0.3 is 50.0 Å². The summed E-state index contributed by atoms with van der Waals surface area (Å²) < 4.78 is 22.9. The van der Waals surface area contributed by atoms with Gasteiger partial charge in [-0.05, 0) is 90.4 Å². The van der Waals surface area contributed by atoms with Gasteiger partial charge in [-0.15, -0.1) is 0 Å². The fourth-order valence-corrected chi connectivity index (χ4v) is 7.27. The molecule has 2 aliphatic heterocycles. The molecule has 4 unspecified atom stereocenters. The van der Waals surface area contributed by atoms with E-state index in [0.29, 0.717) is 61.0 Å². The van der Waals surface area contributed by atoms with Gasteiger partial charge in [0.15, 0.2) is 12.6 Å². The lowest BCUT2D eigenvalue weighted by molar-refractivity contribution is -0.301. The van der Waals surface area contributed by atoms with Crippen molar-refractivity contribution in [3.8, 4) is 0 Å². The van der Waals surface area contributed by atoms with Crippen LogP contribution in [0.3, 0.4) is 0 Å². The number of amides is 2. The molecule has 4 rings (SSSR count). The maximum atomic E-state index is 12.2. The van der Waals surface area contributed by atoms with Gasteiger partial charge in [0.25, 0.3) is 11.8 Å². The fraction of sp³-hybridized carbons (Fsp3) is 0.682. The Hall–Kier alpha value is -4.32. The molecule has 18 nitrogen and oxygen atoms in total. The number of ether oxygens (including phenoxy) is 4. The standard InChI is InChI=1S/C24H38N4O3.C20H30N4O7/c1-5-22-18(3)17(2)19(4)24(31-22)30-15-9-7-6-8-14-26-23(29)21-12-10-20(11-13-21)16-27-28-25;21-24-23-11-13-5-7-14(8-6-13)19(29)22-9-3-1-2-4-10-30-20-18(28)17(27)16(26)15(12-25)31-20/h10-13,17-19,22,24H,5-9,14-16H2,1-4H3,(H,26,29);5-8,15-18,20,25-28H,1-4,9-12H2,(H,22,29)/t17-,18-,19?,22?,24+;15?,16-,17+,18?,20-/m01/s1. The average Bonchev–Trinajstić information content (AvgIpc) is 3.29. The molecule has 2 heterocycles. The maximum absolute atomic E-state index is 12.2. The Bertz CT molecular complexity index is 1570. The zero-order chi connectivity index (χ0) is 45.3. The Morgan fingerprint density at radius 3 is 1.53 bits per heavy atom. The molecule has 2 saturated heterocycles. The third-order valence-corrected chi connectivity index (χ3v) is 11.6. The number of unbranched alkanes of at least 4 members (excludes halogenated alkanes) is 6. The van der Waals surface area contributed by atoms with E-state index in [-0.39, 0.29) is 31.3 Å². The second kappa shape index (κ2) is 29.1. The highest BCUT2D eigenvalue weighted by Gasteiger charge is 2.44. The SMILES string of the molecule is CCC1O[C@@H](OCCCCCCNC(=O)c2ccc(CN=[N+]=[N-])cc2)C(C)[C@@H](C)[C@@H]1C.[N-]=[N+]=NCc1ccc(C(=O)NCCCCCCO[C@@H]2OC(CO)[C@@H](O)[C@H](O)C2O)cc1. The van der Waals surface area contributed by atoms with Crippen molar-refractivity contribution in [2.75, 3.05) is 32.9 Å². The molecule has 2 aromatic carbocycles. The maximum Gasteiger partial charge on any atom is 0.251 e. The van der Waals surface area contributed by atoms with Crippen molar-refractivity contribution in [1.82, 2.24) is 10.6 Å². The van der Waals surface area contributed by atoms with Crippen molar-refractivity contribution in [3.63, 3.8) is 0 Å². The van der Waals surface area contributed by atoms with E-state index < -0.39 is 37.3 Å². The van der Waals surface area contributed by atoms with E-state index in [4.69, 9.17) is 35.1 Å². The highest BCUT2D eigenvalue weighted by Crippen LogP contribution is 2.36. The number of hydrogen-bond donors (Lipinski definition) is 6. The van der Waals surface area contributed by atoms with E-state index in [0.717, 1.165) is 69.1 Å². The average molecular weight is 869 g/mol. The summed E-state index contributed by atoms with van der Waals surface area (Å²) in [7, 11) is 0. The zero-order valence-corrected chi connectivity index (χ0v) is 36.6. The number of hydrogen-bond acceptors (Lipinski definition) is 12. The number of azide groups is 2. The predicted molar refractivity (Wildman–Crippen MR) is 232 cm³/mol. The second-order valence-corrected chi connectivity index (χ2v) is 16.0. The van der Waals surface area contributed by atoms with Crippen LogP contribution in [-0.2, 0) is 32.0 Å². The third-order valence-electron chi connectivity index (χ3n) is 11.6. The number of benzene rings is 2. The summed E-state index contributed by atoms with van der Waals surface area (Å²) in [5, 5.41) is 51.3. The van der Waals surface area contributed by atoms with Crippen molar-refractivity contribution < 1.29 is 49.0 Å². The first-order chi connectivity index (χ1) is 29.9. The van der Waals surface area contributed by atoms with Crippen molar-refractivity contribution in [2.24, 2.45) is 28.0 Å². The van der Waals surface area contributed by atoms with Crippen LogP contribution < -0.4 is 10.6 Å². The van der Waals surface area contributed by atoms with Crippen LogP contribution in [0, 0.1) is 17.8 Å². The molecule has 2 fully saturated rings. The Labute approximate surface area is 364 Å². The minimum atomic E-state index is -1.44. The van der Waals surface area contributed by atoms with E-state index in [9.17, 15) is 24.9 Å². The summed E-state index contributed by atoms with van der Waals surface area (Å²) in [6.07, 6.45) is 2.20. The highest BCUT2D eigenvalue weighted by molar-refractivity contribution is 5.94. The Morgan fingerprint density at radius 2 is 1.08 bits per heavy atom. The normalized spacial score (nSPS) is 25.6. The minimum absolute atomic E-state index is 0.0732. The molecule has 0 spiro atoms. The molecule has 18 heteroatoms. The van der Waals surface area contributed by atoms with Gasteiger partial charge in [0.2, 0.25) is 0 Å². The number of carbonyl (C=O) groups excluding carboxylic acids is 2. The summed E-state index contributed by atoms with van der Waals surface area (Å²) in [6.45, 7) is 11.3. The first-order valence-corrected chi connectivity index (χ1v) is 21.9. The monoisotopic (exact) mass is 869 g/mol. The Balaban J connectivity index is 0.000000330. The van der Waals surface area contributed by atoms with Crippen LogP contribution >= 0.6 is 0 Å². The lowest BCUT2D eigenvalue weighted by atomic mass is 9.78. The van der Waals surface area contributed by atoms with Crippen LogP contribution in [0.4, 0.5) is 0 Å². The smallest absolute Gasteiger partial charge is 0.251 e. The molecule has 10 atom stereocenters. The van der Waals surface area contributed by atoms with Crippen LogP contribution in [0.5, 0.6) is 0 Å². The first-order valence-electron chi connectivity index (χ1n) is 21.9.